The van der Waals surface area contributed by atoms with Gasteiger partial charge >= 0.3 is 12.4 Å². The van der Waals surface area contributed by atoms with Gasteiger partial charge in [0, 0.05) is 11.9 Å². The van der Waals surface area contributed by atoms with Crippen molar-refractivity contribution in [1.82, 2.24) is 0 Å². The maximum Gasteiger partial charge on any atom is 0.416 e. The van der Waals surface area contributed by atoms with Crippen LogP contribution in [0.25, 0.3) is 0 Å². The van der Waals surface area contributed by atoms with Gasteiger partial charge in [0.25, 0.3) is 5.91 Å². The van der Waals surface area contributed by atoms with Crippen LogP contribution in [0.3, 0.4) is 0 Å². The fourth-order valence-electron chi connectivity index (χ4n) is 2.14. The molecule has 0 saturated carbocycles. The van der Waals surface area contributed by atoms with Crippen LogP contribution >= 0.6 is 0 Å². The molecule has 12 heteroatoms. The maximum absolute atomic E-state index is 12.8. The molecule has 0 bridgehead atoms. The lowest BCUT2D eigenvalue weighted by Crippen LogP contribution is -2.20. The average Bonchev–Trinajstić information content (AvgIpc) is 2.58. The molecular weight excluding hydrogens is 428 g/mol. The molecule has 0 aliphatic heterocycles. The summed E-state index contributed by atoms with van der Waals surface area (Å²) in [5.74, 6) is -1.65. The molecule has 2 aromatic carbocycles. The van der Waals surface area contributed by atoms with Gasteiger partial charge in [0.1, 0.15) is 5.75 Å². The maximum atomic E-state index is 12.8. The largest absolute Gasteiger partial charge is 0.484 e. The standard InChI is InChI=1S/C17H13F6NO4S/c1-29(26,27)14-4-2-12(3-5-14)24-15(25)9-28-13-7-10(16(18,19)20)6-11(8-13)17(21,22)23/h2-8H,9H2,1H3,(H,24,25). The van der Waals surface area contributed by atoms with Crippen molar-refractivity contribution in [2.45, 2.75) is 17.2 Å². The van der Waals surface area contributed by atoms with Crippen LogP contribution in [0.15, 0.2) is 47.4 Å². The van der Waals surface area contributed by atoms with E-state index in [2.05, 4.69) is 5.32 Å². The summed E-state index contributed by atoms with van der Waals surface area (Å²) in [6.07, 6.45) is -9.09. The minimum absolute atomic E-state index is 0.00426. The molecule has 1 N–H and O–H groups in total. The van der Waals surface area contributed by atoms with Crippen molar-refractivity contribution >= 4 is 21.4 Å². The lowest BCUT2D eigenvalue weighted by atomic mass is 10.1. The number of nitrogens with one attached hydrogen (secondary N) is 1. The van der Waals surface area contributed by atoms with Crippen LogP contribution in [0.1, 0.15) is 11.1 Å². The number of hydrogen-bond donors (Lipinski definition) is 1. The van der Waals surface area contributed by atoms with Gasteiger partial charge in [0.15, 0.2) is 16.4 Å². The Kier molecular flexibility index (Phi) is 6.16. The van der Waals surface area contributed by atoms with Gasteiger partial charge in [0.05, 0.1) is 16.0 Å². The van der Waals surface area contributed by atoms with Crippen molar-refractivity contribution in [3.63, 3.8) is 0 Å². The van der Waals surface area contributed by atoms with E-state index in [1.54, 1.807) is 0 Å². The van der Waals surface area contributed by atoms with Gasteiger partial charge < -0.3 is 10.1 Å². The summed E-state index contributed by atoms with van der Waals surface area (Å²) in [6.45, 7) is -0.869. The van der Waals surface area contributed by atoms with Gasteiger partial charge in [-0.05, 0) is 42.5 Å². The lowest BCUT2D eigenvalue weighted by Gasteiger charge is -2.14. The number of carbonyl (C=O) groups is 1. The molecule has 29 heavy (non-hydrogen) atoms. The Morgan fingerprint density at radius 2 is 1.41 bits per heavy atom. The molecule has 0 fully saturated rings. The van der Waals surface area contributed by atoms with Crippen LogP contribution in [0, 0.1) is 0 Å². The molecule has 2 aromatic rings. The fraction of sp³-hybridized carbons (Fsp3) is 0.235. The number of anilines is 1. The van der Waals surface area contributed by atoms with E-state index >= 15 is 0 Å². The molecule has 0 aliphatic rings. The topological polar surface area (TPSA) is 72.5 Å². The highest BCUT2D eigenvalue weighted by atomic mass is 32.2. The van der Waals surface area contributed by atoms with E-state index in [0.29, 0.717) is 12.1 Å². The van der Waals surface area contributed by atoms with Crippen LogP contribution in [0.2, 0.25) is 0 Å². The summed E-state index contributed by atoms with van der Waals surface area (Å²) in [5, 5.41) is 2.28. The SMILES string of the molecule is CS(=O)(=O)c1ccc(NC(=O)COc2cc(C(F)(F)F)cc(C(F)(F)F)c2)cc1. The average molecular weight is 441 g/mol. The Balaban J connectivity index is 2.11. The van der Waals surface area contributed by atoms with Crippen molar-refractivity contribution in [1.29, 1.82) is 0 Å². The third kappa shape index (κ3) is 6.38. The quantitative estimate of drug-likeness (QED) is 0.708. The molecule has 0 spiro atoms. The van der Waals surface area contributed by atoms with Crippen molar-refractivity contribution in [2.75, 3.05) is 18.2 Å². The van der Waals surface area contributed by atoms with Crippen LogP contribution in [0.4, 0.5) is 32.0 Å². The number of rotatable bonds is 5. The van der Waals surface area contributed by atoms with Crippen LogP contribution < -0.4 is 10.1 Å². The summed E-state index contributed by atoms with van der Waals surface area (Å²) in [5.41, 5.74) is -2.98. The molecule has 0 unspecified atom stereocenters. The zero-order chi connectivity index (χ0) is 22.0. The second-order valence-electron chi connectivity index (χ2n) is 5.87. The third-order valence-corrected chi connectivity index (χ3v) is 4.63. The van der Waals surface area contributed by atoms with E-state index in [1.807, 2.05) is 0 Å². The molecular formula is C17H13F6NO4S. The number of amides is 1. The number of sulfone groups is 1. The first-order chi connectivity index (χ1) is 13.2. The minimum atomic E-state index is -5.04. The first-order valence-electron chi connectivity index (χ1n) is 7.68. The van der Waals surface area contributed by atoms with Crippen LogP contribution in [-0.2, 0) is 27.0 Å². The number of halogens is 6. The Labute approximate surface area is 161 Å². The highest BCUT2D eigenvalue weighted by Gasteiger charge is 2.37. The molecule has 0 aliphatic carbocycles. The highest BCUT2D eigenvalue weighted by molar-refractivity contribution is 7.90. The van der Waals surface area contributed by atoms with E-state index in [1.165, 1.54) is 24.3 Å². The van der Waals surface area contributed by atoms with Gasteiger partial charge in [-0.3, -0.25) is 4.79 Å². The monoisotopic (exact) mass is 441 g/mol. The van der Waals surface area contributed by atoms with Gasteiger partial charge in [-0.25, -0.2) is 8.42 Å². The molecule has 5 nitrogen and oxygen atoms in total. The first kappa shape index (κ1) is 22.5. The Bertz CT molecular complexity index is 966. The number of alkyl halides is 6. The van der Waals surface area contributed by atoms with Crippen molar-refractivity contribution in [2.24, 2.45) is 0 Å². The predicted octanol–water partition coefficient (Wildman–Crippen LogP) is 4.15. The molecule has 0 saturated heterocycles. The summed E-state index contributed by atoms with van der Waals surface area (Å²) < 4.78 is 104. The van der Waals surface area contributed by atoms with Gasteiger partial charge in [0.2, 0.25) is 0 Å². The molecule has 1 amide bonds. The van der Waals surface area contributed by atoms with Crippen LogP contribution in [-0.4, -0.2) is 27.2 Å². The number of ether oxygens (including phenoxy) is 1. The normalized spacial score (nSPS) is 12.5. The first-order valence-corrected chi connectivity index (χ1v) is 9.57. The van der Waals surface area contributed by atoms with Crippen molar-refractivity contribution < 1.29 is 44.3 Å². The summed E-state index contributed by atoms with van der Waals surface area (Å²) >= 11 is 0. The second kappa shape index (κ2) is 7.93. The molecule has 158 valence electrons. The Morgan fingerprint density at radius 1 is 0.931 bits per heavy atom. The van der Waals surface area contributed by atoms with Crippen LogP contribution in [0.5, 0.6) is 5.75 Å². The van der Waals surface area contributed by atoms with E-state index in [9.17, 15) is 39.6 Å². The van der Waals surface area contributed by atoms with E-state index in [0.717, 1.165) is 6.26 Å². The van der Waals surface area contributed by atoms with Gasteiger partial charge in [-0.2, -0.15) is 26.3 Å². The van der Waals surface area contributed by atoms with E-state index in [4.69, 9.17) is 4.74 Å². The zero-order valence-electron chi connectivity index (χ0n) is 14.6. The number of carbonyl (C=O) groups excluding carboxylic acids is 1. The van der Waals surface area contributed by atoms with Crippen molar-refractivity contribution in [3.8, 4) is 5.75 Å². The van der Waals surface area contributed by atoms with Crippen molar-refractivity contribution in [3.05, 3.63) is 53.6 Å². The highest BCUT2D eigenvalue weighted by Crippen LogP contribution is 2.38. The molecule has 0 atom stereocenters. The minimum Gasteiger partial charge on any atom is -0.484 e. The summed E-state index contributed by atoms with van der Waals surface area (Å²) in [6, 6.07) is 5.60. The summed E-state index contributed by atoms with van der Waals surface area (Å²) in [7, 11) is -3.45. The smallest absolute Gasteiger partial charge is 0.416 e. The molecule has 0 heterocycles. The lowest BCUT2D eigenvalue weighted by molar-refractivity contribution is -0.143. The Morgan fingerprint density at radius 3 is 1.83 bits per heavy atom. The van der Waals surface area contributed by atoms with E-state index in [-0.39, 0.29) is 16.6 Å². The zero-order valence-corrected chi connectivity index (χ0v) is 15.4. The molecule has 0 radical (unpaired) electrons. The number of hydrogen-bond acceptors (Lipinski definition) is 4. The van der Waals surface area contributed by atoms with Gasteiger partial charge in [-0.15, -0.1) is 0 Å². The Hall–Kier alpha value is -2.76. The molecule has 0 aromatic heterocycles. The number of benzene rings is 2. The fourth-order valence-corrected chi connectivity index (χ4v) is 2.77. The predicted molar refractivity (Wildman–Crippen MR) is 90.1 cm³/mol. The second-order valence-corrected chi connectivity index (χ2v) is 7.89. The molecule has 2 rings (SSSR count). The third-order valence-electron chi connectivity index (χ3n) is 3.50. The summed E-state index contributed by atoms with van der Waals surface area (Å²) in [4.78, 5) is 11.8. The van der Waals surface area contributed by atoms with E-state index < -0.39 is 51.6 Å². The van der Waals surface area contributed by atoms with Gasteiger partial charge in [-0.1, -0.05) is 0 Å².